The summed E-state index contributed by atoms with van der Waals surface area (Å²) in [4.78, 5) is 2.42. The van der Waals surface area contributed by atoms with Gasteiger partial charge in [0.05, 0.1) is 27.8 Å². The summed E-state index contributed by atoms with van der Waals surface area (Å²) < 4.78 is 11.8. The molecule has 0 bridgehead atoms. The van der Waals surface area contributed by atoms with Crippen molar-refractivity contribution in [1.29, 1.82) is 0 Å². The molecule has 0 N–H and O–H groups in total. The molecule has 2 aliphatic rings. The molecular formula is C48H30BN3O. The van der Waals surface area contributed by atoms with E-state index >= 15 is 0 Å². The zero-order chi connectivity index (χ0) is 34.6. The van der Waals surface area contributed by atoms with Crippen LogP contribution in [0.25, 0.3) is 55.0 Å². The first-order valence-corrected chi connectivity index (χ1v) is 18.2. The monoisotopic (exact) mass is 675 g/mol. The van der Waals surface area contributed by atoms with Crippen molar-refractivity contribution in [3.05, 3.63) is 182 Å². The first-order valence-electron chi connectivity index (χ1n) is 18.2. The van der Waals surface area contributed by atoms with Crippen LogP contribution in [0.15, 0.2) is 182 Å². The molecule has 0 unspecified atom stereocenters. The Morgan fingerprint density at radius 3 is 1.62 bits per heavy atom. The second-order valence-electron chi connectivity index (χ2n) is 14.1. The highest BCUT2D eigenvalue weighted by Gasteiger charge is 2.42. The van der Waals surface area contributed by atoms with Crippen LogP contribution in [0.1, 0.15) is 0 Å². The summed E-state index contributed by atoms with van der Waals surface area (Å²) >= 11 is 0. The van der Waals surface area contributed by atoms with Crippen LogP contribution in [0.5, 0.6) is 11.5 Å². The molecule has 53 heavy (non-hydrogen) atoms. The Morgan fingerprint density at radius 1 is 0.377 bits per heavy atom. The van der Waals surface area contributed by atoms with Gasteiger partial charge < -0.3 is 18.8 Å². The Morgan fingerprint density at radius 2 is 0.925 bits per heavy atom. The molecule has 4 nitrogen and oxygen atoms in total. The summed E-state index contributed by atoms with van der Waals surface area (Å²) in [5, 5.41) is 4.99. The third-order valence-electron chi connectivity index (χ3n) is 11.3. The molecule has 0 radical (unpaired) electrons. The fourth-order valence-electron chi connectivity index (χ4n) is 9.27. The van der Waals surface area contributed by atoms with Crippen molar-refractivity contribution in [2.24, 2.45) is 0 Å². The van der Waals surface area contributed by atoms with Gasteiger partial charge in [0.25, 0.3) is 6.71 Å². The van der Waals surface area contributed by atoms with Crippen LogP contribution in [0.3, 0.4) is 0 Å². The highest BCUT2D eigenvalue weighted by atomic mass is 16.5. The van der Waals surface area contributed by atoms with Crippen molar-refractivity contribution in [3.8, 4) is 22.9 Å². The number of benzene rings is 8. The summed E-state index contributed by atoms with van der Waals surface area (Å²) in [6.45, 7) is 0.0528. The Kier molecular flexibility index (Phi) is 5.83. The summed E-state index contributed by atoms with van der Waals surface area (Å²) in [6.07, 6.45) is 0. The van der Waals surface area contributed by atoms with Gasteiger partial charge in [-0.25, -0.2) is 0 Å². The summed E-state index contributed by atoms with van der Waals surface area (Å²) in [5.74, 6) is 1.80. The average molecular weight is 676 g/mol. The molecule has 0 aliphatic carbocycles. The molecule has 8 aromatic carbocycles. The fourth-order valence-corrected chi connectivity index (χ4v) is 9.27. The molecular weight excluding hydrogens is 645 g/mol. The van der Waals surface area contributed by atoms with Crippen LogP contribution in [0, 0.1) is 0 Å². The highest BCUT2D eigenvalue weighted by Crippen LogP contribution is 2.45. The maximum absolute atomic E-state index is 6.92. The predicted molar refractivity (Wildman–Crippen MR) is 221 cm³/mol. The average Bonchev–Trinajstić information content (AvgIpc) is 3.74. The Balaban J connectivity index is 1.20. The molecule has 5 heteroatoms. The van der Waals surface area contributed by atoms with Gasteiger partial charge in [0.1, 0.15) is 11.5 Å². The number of anilines is 3. The first-order chi connectivity index (χ1) is 26.3. The van der Waals surface area contributed by atoms with Crippen molar-refractivity contribution in [1.82, 2.24) is 9.13 Å². The SMILES string of the molecule is c1ccc(N2c3ccccc3B3c4ccccc4Oc4cc(-n5c6ccccc6c6c7c8ccccc8n(-c8ccccc8)c7ccc65)cc2c43)cc1. The van der Waals surface area contributed by atoms with E-state index in [4.69, 9.17) is 4.74 Å². The third kappa shape index (κ3) is 3.91. The molecule has 0 atom stereocenters. The van der Waals surface area contributed by atoms with Crippen LogP contribution < -0.4 is 26.0 Å². The maximum Gasteiger partial charge on any atom is 0.256 e. The fraction of sp³-hybridized carbons (Fsp3) is 0. The van der Waals surface area contributed by atoms with Crippen LogP contribution in [-0.4, -0.2) is 15.8 Å². The first kappa shape index (κ1) is 28.7. The van der Waals surface area contributed by atoms with E-state index in [0.717, 1.165) is 45.3 Å². The van der Waals surface area contributed by atoms with Crippen LogP contribution in [0.2, 0.25) is 0 Å². The molecule has 4 heterocycles. The molecule has 0 spiro atoms. The van der Waals surface area contributed by atoms with Crippen molar-refractivity contribution in [3.63, 3.8) is 0 Å². The van der Waals surface area contributed by atoms with Crippen molar-refractivity contribution in [2.75, 3.05) is 4.90 Å². The van der Waals surface area contributed by atoms with Crippen LogP contribution in [0.4, 0.5) is 17.1 Å². The van der Waals surface area contributed by atoms with E-state index in [-0.39, 0.29) is 6.71 Å². The third-order valence-corrected chi connectivity index (χ3v) is 11.3. The van der Waals surface area contributed by atoms with Gasteiger partial charge in [-0.15, -0.1) is 0 Å². The Hall–Kier alpha value is -6.98. The summed E-state index contributed by atoms with van der Waals surface area (Å²) in [6, 6.07) is 65.7. The number of hydrogen-bond acceptors (Lipinski definition) is 2. The zero-order valence-corrected chi connectivity index (χ0v) is 28.6. The highest BCUT2D eigenvalue weighted by molar-refractivity contribution is 6.99. The smallest absolute Gasteiger partial charge is 0.256 e. The predicted octanol–water partition coefficient (Wildman–Crippen LogP) is 10.3. The molecule has 0 saturated carbocycles. The largest absolute Gasteiger partial charge is 0.458 e. The maximum atomic E-state index is 6.92. The van der Waals surface area contributed by atoms with E-state index < -0.39 is 0 Å². The number of rotatable bonds is 3. The molecule has 10 aromatic rings. The second-order valence-corrected chi connectivity index (χ2v) is 14.1. The minimum Gasteiger partial charge on any atom is -0.458 e. The van der Waals surface area contributed by atoms with Gasteiger partial charge in [0.2, 0.25) is 0 Å². The Labute approximate surface area is 306 Å². The molecule has 0 saturated heterocycles. The number of nitrogens with zero attached hydrogens (tertiary/aromatic N) is 3. The van der Waals surface area contributed by atoms with Gasteiger partial charge in [-0.3, -0.25) is 0 Å². The van der Waals surface area contributed by atoms with E-state index in [1.807, 2.05) is 0 Å². The molecule has 2 aromatic heterocycles. The normalized spacial score (nSPS) is 13.0. The van der Waals surface area contributed by atoms with E-state index in [2.05, 4.69) is 196 Å². The lowest BCUT2D eigenvalue weighted by Crippen LogP contribution is -2.59. The standard InChI is InChI=1S/C48H30BN3O/c1-3-15-31(16-4-1)50-38-23-11-7-19-34(38)46-41(50)27-28-42-47(46)35-20-8-12-24-39(35)52(42)33-29-43-48-45(30-33)53-44-26-14-10-22-37(44)49(48)36-21-9-13-25-40(36)51(43)32-17-5-2-6-18-32/h1-30H. The zero-order valence-electron chi connectivity index (χ0n) is 28.6. The summed E-state index contributed by atoms with van der Waals surface area (Å²) in [7, 11) is 0. The molecule has 0 fully saturated rings. The molecule has 12 rings (SSSR count). The van der Waals surface area contributed by atoms with Gasteiger partial charge in [-0.05, 0) is 83.1 Å². The molecule has 2 aliphatic heterocycles. The van der Waals surface area contributed by atoms with Crippen molar-refractivity contribution in [2.45, 2.75) is 0 Å². The molecule has 246 valence electrons. The lowest BCUT2D eigenvalue weighted by atomic mass is 9.34. The lowest BCUT2D eigenvalue weighted by Gasteiger charge is -2.40. The van der Waals surface area contributed by atoms with E-state index in [1.54, 1.807) is 0 Å². The van der Waals surface area contributed by atoms with Crippen molar-refractivity contribution < 1.29 is 4.74 Å². The number of fused-ring (bicyclic) bond motifs is 11. The van der Waals surface area contributed by atoms with Gasteiger partial charge >= 0.3 is 0 Å². The van der Waals surface area contributed by atoms with Gasteiger partial charge in [0.15, 0.2) is 0 Å². The summed E-state index contributed by atoms with van der Waals surface area (Å²) in [5.41, 5.74) is 14.1. The minimum atomic E-state index is 0.0528. The van der Waals surface area contributed by atoms with E-state index in [0.29, 0.717) is 0 Å². The lowest BCUT2D eigenvalue weighted by molar-refractivity contribution is 0.487. The van der Waals surface area contributed by atoms with Crippen molar-refractivity contribution >= 4 is 83.8 Å². The van der Waals surface area contributed by atoms with Gasteiger partial charge in [-0.2, -0.15) is 0 Å². The number of hydrogen-bond donors (Lipinski definition) is 0. The van der Waals surface area contributed by atoms with Crippen LogP contribution >= 0.6 is 0 Å². The Bertz CT molecular complexity index is 3110. The van der Waals surface area contributed by atoms with Crippen LogP contribution in [-0.2, 0) is 0 Å². The van der Waals surface area contributed by atoms with Gasteiger partial charge in [-0.1, -0.05) is 109 Å². The number of para-hydroxylation sites is 6. The van der Waals surface area contributed by atoms with E-state index in [9.17, 15) is 0 Å². The second kappa shape index (κ2) is 10.8. The van der Waals surface area contributed by atoms with Gasteiger partial charge in [0, 0.05) is 50.4 Å². The molecule has 0 amide bonds. The van der Waals surface area contributed by atoms with E-state index in [1.165, 1.54) is 54.7 Å². The topological polar surface area (TPSA) is 22.3 Å². The number of ether oxygens (including phenoxy) is 1. The quantitative estimate of drug-likeness (QED) is 0.174. The minimum absolute atomic E-state index is 0.0528. The number of aromatic nitrogens is 2.